The molecule has 3 rings (SSSR count). The van der Waals surface area contributed by atoms with E-state index < -0.39 is 29.2 Å². The lowest BCUT2D eigenvalue weighted by molar-refractivity contribution is -0.152. The molecule has 0 radical (unpaired) electrons. The number of carbonyl (C=O) groups is 3. The Morgan fingerprint density at radius 1 is 1.10 bits per heavy atom. The van der Waals surface area contributed by atoms with Crippen molar-refractivity contribution in [2.75, 3.05) is 0 Å². The second kappa shape index (κ2) is 9.13. The molecule has 0 saturated carbocycles. The molecule has 0 unspecified atom stereocenters. The monoisotopic (exact) mass is 412 g/mol. The summed E-state index contributed by atoms with van der Waals surface area (Å²) in [6.45, 7) is 1.78. The number of hydrogen-bond acceptors (Lipinski definition) is 4. The fourth-order valence-electron chi connectivity index (χ4n) is 3.53. The van der Waals surface area contributed by atoms with Crippen LogP contribution in [0.3, 0.4) is 0 Å². The number of hydrogen-bond donors (Lipinski definition) is 3. The van der Waals surface area contributed by atoms with E-state index in [2.05, 4.69) is 17.9 Å². The second-order valence-corrected chi connectivity index (χ2v) is 7.85. The zero-order chi connectivity index (χ0) is 21.0. The third kappa shape index (κ3) is 4.98. The van der Waals surface area contributed by atoms with Crippen molar-refractivity contribution < 1.29 is 19.5 Å². The first-order valence-corrected chi connectivity index (χ1v) is 10.0. The minimum Gasteiger partial charge on any atom is -0.480 e. The van der Waals surface area contributed by atoms with E-state index in [1.165, 1.54) is 4.90 Å². The van der Waals surface area contributed by atoms with E-state index in [9.17, 15) is 19.5 Å². The maximum absolute atomic E-state index is 13.0. The van der Waals surface area contributed by atoms with Crippen molar-refractivity contribution in [2.45, 2.75) is 43.6 Å². The van der Waals surface area contributed by atoms with Crippen LogP contribution < -0.4 is 5.32 Å². The number of aliphatic carboxylic acids is 1. The van der Waals surface area contributed by atoms with Gasteiger partial charge < -0.3 is 15.3 Å². The summed E-state index contributed by atoms with van der Waals surface area (Å²) >= 11 is 4.36. The van der Waals surface area contributed by atoms with Gasteiger partial charge in [0, 0.05) is 13.0 Å². The Kier molecular flexibility index (Phi) is 6.59. The number of fused-ring (bicyclic) bond motifs is 1. The van der Waals surface area contributed by atoms with Crippen molar-refractivity contribution in [1.29, 1.82) is 0 Å². The van der Waals surface area contributed by atoms with Gasteiger partial charge in [-0.05, 0) is 30.0 Å². The molecule has 152 valence electrons. The molecule has 0 saturated heterocycles. The number of carboxylic acids is 1. The number of nitrogens with zero attached hydrogens (tertiary/aromatic N) is 1. The predicted molar refractivity (Wildman–Crippen MR) is 113 cm³/mol. The first-order chi connectivity index (χ1) is 13.9. The van der Waals surface area contributed by atoms with E-state index >= 15 is 0 Å². The van der Waals surface area contributed by atoms with Gasteiger partial charge in [0.15, 0.2) is 0 Å². The Hall–Kier alpha value is -2.80. The molecule has 0 aliphatic carbocycles. The molecular weight excluding hydrogens is 388 g/mol. The van der Waals surface area contributed by atoms with Crippen molar-refractivity contribution in [3.63, 3.8) is 0 Å². The summed E-state index contributed by atoms with van der Waals surface area (Å²) in [6.07, 6.45) is 0.687. The molecule has 1 aliphatic rings. The van der Waals surface area contributed by atoms with Crippen LogP contribution in [-0.2, 0) is 33.8 Å². The van der Waals surface area contributed by atoms with Gasteiger partial charge in [0.2, 0.25) is 11.8 Å². The fourth-order valence-corrected chi connectivity index (χ4v) is 3.81. The Labute approximate surface area is 175 Å². The van der Waals surface area contributed by atoms with Crippen molar-refractivity contribution in [3.05, 3.63) is 71.3 Å². The molecule has 3 atom stereocenters. The summed E-state index contributed by atoms with van der Waals surface area (Å²) < 4.78 is 0. The van der Waals surface area contributed by atoms with Gasteiger partial charge in [-0.3, -0.25) is 9.59 Å². The number of nitrogens with one attached hydrogen (secondary N) is 1. The van der Waals surface area contributed by atoms with E-state index in [1.54, 1.807) is 6.92 Å². The summed E-state index contributed by atoms with van der Waals surface area (Å²) in [4.78, 5) is 38.5. The largest absolute Gasteiger partial charge is 0.480 e. The molecule has 0 spiro atoms. The highest BCUT2D eigenvalue weighted by molar-refractivity contribution is 7.81. The number of benzene rings is 2. The number of rotatable bonds is 6. The molecule has 2 aromatic rings. The Bertz CT molecular complexity index is 903. The van der Waals surface area contributed by atoms with E-state index in [-0.39, 0.29) is 18.9 Å². The lowest BCUT2D eigenvalue weighted by atomic mass is 9.93. The third-order valence-electron chi connectivity index (χ3n) is 5.12. The Balaban J connectivity index is 1.66. The van der Waals surface area contributed by atoms with Crippen molar-refractivity contribution in [2.24, 2.45) is 0 Å². The zero-order valence-electron chi connectivity index (χ0n) is 16.1. The van der Waals surface area contributed by atoms with Gasteiger partial charge in [-0.2, -0.15) is 12.6 Å². The highest BCUT2D eigenvalue weighted by Crippen LogP contribution is 2.24. The Morgan fingerprint density at radius 3 is 2.38 bits per heavy atom. The van der Waals surface area contributed by atoms with Crippen LogP contribution in [0.15, 0.2) is 54.6 Å². The maximum atomic E-state index is 13.0. The molecule has 0 bridgehead atoms. The van der Waals surface area contributed by atoms with Gasteiger partial charge in [-0.1, -0.05) is 54.6 Å². The smallest absolute Gasteiger partial charge is 0.326 e. The second-order valence-electron chi connectivity index (χ2n) is 7.23. The SMILES string of the molecule is C[C@H](NC(=O)[C@@H](S)Cc1ccccc1)C(=O)N1Cc2ccccc2C[C@H]1C(=O)O. The first kappa shape index (κ1) is 20.9. The lowest BCUT2D eigenvalue weighted by Crippen LogP contribution is -2.55. The van der Waals surface area contributed by atoms with Gasteiger partial charge in [0.05, 0.1) is 5.25 Å². The lowest BCUT2D eigenvalue weighted by Gasteiger charge is -2.36. The van der Waals surface area contributed by atoms with Gasteiger partial charge in [-0.25, -0.2) is 4.79 Å². The van der Waals surface area contributed by atoms with Crippen LogP contribution in [0.25, 0.3) is 0 Å². The number of carbonyl (C=O) groups excluding carboxylic acids is 2. The maximum Gasteiger partial charge on any atom is 0.326 e. The number of carboxylic acid groups (broad SMARTS) is 1. The predicted octanol–water partition coefficient (Wildman–Crippen LogP) is 2.07. The van der Waals surface area contributed by atoms with Gasteiger partial charge in [0.25, 0.3) is 0 Å². The molecule has 6 nitrogen and oxygen atoms in total. The standard InChI is InChI=1S/C22H24N2O4S/c1-14(23-20(25)19(29)11-15-7-3-2-4-8-15)21(26)24-13-17-10-6-5-9-16(17)12-18(24)22(27)28/h2-10,14,18-19,29H,11-13H2,1H3,(H,23,25)(H,27,28)/t14-,18-,19-/m0/s1. The fraction of sp³-hybridized carbons (Fsp3) is 0.318. The molecule has 0 fully saturated rings. The zero-order valence-corrected chi connectivity index (χ0v) is 17.0. The van der Waals surface area contributed by atoms with E-state index in [0.29, 0.717) is 6.42 Å². The summed E-state index contributed by atoms with van der Waals surface area (Å²) in [5.74, 6) is -1.83. The van der Waals surface area contributed by atoms with Crippen LogP contribution in [0.4, 0.5) is 0 Å². The van der Waals surface area contributed by atoms with Crippen molar-refractivity contribution >= 4 is 30.4 Å². The highest BCUT2D eigenvalue weighted by Gasteiger charge is 2.36. The highest BCUT2D eigenvalue weighted by atomic mass is 32.1. The third-order valence-corrected chi connectivity index (χ3v) is 5.54. The molecule has 1 heterocycles. The van der Waals surface area contributed by atoms with Crippen LogP contribution in [0, 0.1) is 0 Å². The van der Waals surface area contributed by atoms with Gasteiger partial charge >= 0.3 is 5.97 Å². The van der Waals surface area contributed by atoms with Crippen LogP contribution >= 0.6 is 12.6 Å². The molecule has 2 amide bonds. The molecule has 0 aromatic heterocycles. The van der Waals surface area contributed by atoms with Gasteiger partial charge in [0.1, 0.15) is 12.1 Å². The van der Waals surface area contributed by atoms with Crippen molar-refractivity contribution in [3.8, 4) is 0 Å². The summed E-state index contributed by atoms with van der Waals surface area (Å²) in [5.41, 5.74) is 2.83. The molecule has 2 aromatic carbocycles. The summed E-state index contributed by atoms with van der Waals surface area (Å²) in [7, 11) is 0. The van der Waals surface area contributed by atoms with E-state index in [1.807, 2.05) is 54.6 Å². The summed E-state index contributed by atoms with van der Waals surface area (Å²) in [5, 5.41) is 11.7. The quantitative estimate of drug-likeness (QED) is 0.634. The normalized spacial score (nSPS) is 17.7. The Morgan fingerprint density at radius 2 is 1.72 bits per heavy atom. The number of amides is 2. The van der Waals surface area contributed by atoms with Crippen LogP contribution in [0.5, 0.6) is 0 Å². The first-order valence-electron chi connectivity index (χ1n) is 9.49. The minimum absolute atomic E-state index is 0.209. The number of thiol groups is 1. The topological polar surface area (TPSA) is 86.7 Å². The molecule has 7 heteroatoms. The van der Waals surface area contributed by atoms with Crippen LogP contribution in [-0.4, -0.2) is 45.1 Å². The summed E-state index contributed by atoms with van der Waals surface area (Å²) in [6, 6.07) is 15.2. The molecule has 29 heavy (non-hydrogen) atoms. The average molecular weight is 413 g/mol. The van der Waals surface area contributed by atoms with E-state index in [0.717, 1.165) is 16.7 Å². The van der Waals surface area contributed by atoms with E-state index in [4.69, 9.17) is 0 Å². The van der Waals surface area contributed by atoms with Crippen molar-refractivity contribution in [1.82, 2.24) is 10.2 Å². The van der Waals surface area contributed by atoms with Crippen LogP contribution in [0.1, 0.15) is 23.6 Å². The average Bonchev–Trinajstić information content (AvgIpc) is 2.72. The minimum atomic E-state index is -1.05. The van der Waals surface area contributed by atoms with Gasteiger partial charge in [-0.15, -0.1) is 0 Å². The van der Waals surface area contributed by atoms with Crippen LogP contribution in [0.2, 0.25) is 0 Å². The molecule has 1 aliphatic heterocycles. The molecule has 2 N–H and O–H groups in total. The molecular formula is C22H24N2O4S.